The third kappa shape index (κ3) is 4.86. The highest BCUT2D eigenvalue weighted by molar-refractivity contribution is 5.44. The predicted molar refractivity (Wildman–Crippen MR) is 116 cm³/mol. The molecule has 4 N–H and O–H groups in total. The summed E-state index contributed by atoms with van der Waals surface area (Å²) in [4.78, 5) is 0. The van der Waals surface area contributed by atoms with Gasteiger partial charge in [0.2, 0.25) is 0 Å². The van der Waals surface area contributed by atoms with Gasteiger partial charge in [-0.2, -0.15) is 0 Å². The summed E-state index contributed by atoms with van der Waals surface area (Å²) in [5.41, 5.74) is 6.68. The molecule has 0 fully saturated rings. The van der Waals surface area contributed by atoms with E-state index in [0.717, 1.165) is 31.4 Å². The van der Waals surface area contributed by atoms with E-state index < -0.39 is 6.10 Å². The molecule has 0 radical (unpaired) electrons. The lowest BCUT2D eigenvalue weighted by molar-refractivity contribution is -0.694. The minimum Gasteiger partial charge on any atom is -1.00 e. The van der Waals surface area contributed by atoms with Crippen LogP contribution in [-0.4, -0.2) is 22.8 Å². The molecule has 0 spiro atoms. The number of aromatic hydroxyl groups is 1. The molecule has 2 unspecified atom stereocenters. The van der Waals surface area contributed by atoms with E-state index in [4.69, 9.17) is 0 Å². The Morgan fingerprint density at radius 3 is 1.97 bits per heavy atom. The van der Waals surface area contributed by atoms with Gasteiger partial charge < -0.3 is 27.9 Å². The Hall–Kier alpha value is -2.33. The summed E-state index contributed by atoms with van der Waals surface area (Å²) in [5, 5.41) is 22.4. The minimum absolute atomic E-state index is 0. The number of nitrogens with two attached hydrogens (primary N) is 1. The van der Waals surface area contributed by atoms with Crippen LogP contribution in [0.3, 0.4) is 0 Å². The zero-order valence-electron chi connectivity index (χ0n) is 17.3. The number of phenols is 1. The van der Waals surface area contributed by atoms with Crippen LogP contribution < -0.4 is 17.7 Å². The number of phenolic OH excluding ortho intramolecular Hbond substituents is 1. The van der Waals surface area contributed by atoms with E-state index >= 15 is 0 Å². The molecular formula is C26H30ClNO2. The standard InChI is InChI=1S/C26H29NO2.ClH/c1-18(26(29)21-12-14-22(28)15-13-21)27-17-16-25-23-8-4-2-6-19(23)10-11-20-7-3-5-9-24(20)25;/h2-9,12-15,18,25-29H,10-11,16-17H2,1H3;1H. The molecule has 3 aromatic carbocycles. The summed E-state index contributed by atoms with van der Waals surface area (Å²) in [7, 11) is 0. The van der Waals surface area contributed by atoms with Crippen LogP contribution in [0.25, 0.3) is 0 Å². The summed E-state index contributed by atoms with van der Waals surface area (Å²) < 4.78 is 0. The lowest BCUT2D eigenvalue weighted by atomic mass is 9.85. The van der Waals surface area contributed by atoms with Crippen LogP contribution >= 0.6 is 0 Å². The van der Waals surface area contributed by atoms with Gasteiger partial charge in [-0.1, -0.05) is 60.7 Å². The number of rotatable bonds is 6. The lowest BCUT2D eigenvalue weighted by Gasteiger charge is -2.22. The number of hydrogen-bond donors (Lipinski definition) is 3. The number of aliphatic hydroxyl groups is 1. The quantitative estimate of drug-likeness (QED) is 0.546. The van der Waals surface area contributed by atoms with E-state index in [1.54, 1.807) is 24.3 Å². The van der Waals surface area contributed by atoms with Gasteiger partial charge >= 0.3 is 0 Å². The summed E-state index contributed by atoms with van der Waals surface area (Å²) in [6.07, 6.45) is 2.69. The Labute approximate surface area is 185 Å². The third-order valence-corrected chi connectivity index (χ3v) is 6.25. The summed E-state index contributed by atoms with van der Waals surface area (Å²) in [6, 6.07) is 24.6. The lowest BCUT2D eigenvalue weighted by Crippen LogP contribution is -3.00. The highest BCUT2D eigenvalue weighted by atomic mass is 35.5. The van der Waals surface area contributed by atoms with Gasteiger partial charge in [0, 0.05) is 12.3 Å². The van der Waals surface area contributed by atoms with Gasteiger partial charge in [-0.15, -0.1) is 0 Å². The van der Waals surface area contributed by atoms with Gasteiger partial charge in [0.15, 0.2) is 0 Å². The number of aryl methyl sites for hydroxylation is 2. The average Bonchev–Trinajstić information content (AvgIpc) is 2.91. The van der Waals surface area contributed by atoms with Crippen LogP contribution in [-0.2, 0) is 12.8 Å². The van der Waals surface area contributed by atoms with Crippen LogP contribution in [0.2, 0.25) is 0 Å². The molecule has 4 heteroatoms. The van der Waals surface area contributed by atoms with Crippen molar-refractivity contribution in [3.8, 4) is 5.75 Å². The fraction of sp³-hybridized carbons (Fsp3) is 0.308. The Morgan fingerprint density at radius 2 is 1.40 bits per heavy atom. The van der Waals surface area contributed by atoms with E-state index in [2.05, 4.69) is 60.8 Å². The van der Waals surface area contributed by atoms with Gasteiger partial charge in [0.25, 0.3) is 0 Å². The van der Waals surface area contributed by atoms with Crippen molar-refractivity contribution in [2.75, 3.05) is 6.54 Å². The first-order valence-corrected chi connectivity index (χ1v) is 10.6. The summed E-state index contributed by atoms with van der Waals surface area (Å²) >= 11 is 0. The molecule has 1 aliphatic rings. The third-order valence-electron chi connectivity index (χ3n) is 6.25. The molecule has 0 aromatic heterocycles. The topological polar surface area (TPSA) is 57.1 Å². The molecule has 4 rings (SSSR count). The van der Waals surface area contributed by atoms with Crippen LogP contribution in [0.15, 0.2) is 72.8 Å². The van der Waals surface area contributed by atoms with Crippen molar-refractivity contribution in [1.82, 2.24) is 0 Å². The van der Waals surface area contributed by atoms with Crippen molar-refractivity contribution in [3.63, 3.8) is 0 Å². The van der Waals surface area contributed by atoms with Crippen LogP contribution in [0, 0.1) is 0 Å². The molecular weight excluding hydrogens is 394 g/mol. The van der Waals surface area contributed by atoms with Crippen molar-refractivity contribution in [3.05, 3.63) is 101 Å². The average molecular weight is 424 g/mol. The van der Waals surface area contributed by atoms with E-state index in [0.29, 0.717) is 5.92 Å². The minimum atomic E-state index is -0.552. The van der Waals surface area contributed by atoms with Crippen molar-refractivity contribution >= 4 is 0 Å². The van der Waals surface area contributed by atoms with Crippen molar-refractivity contribution in [2.24, 2.45) is 0 Å². The molecule has 2 atom stereocenters. The molecule has 0 aliphatic heterocycles. The Bertz CT molecular complexity index is 910. The largest absolute Gasteiger partial charge is 1.00 e. The molecule has 3 aromatic rings. The SMILES string of the molecule is CC([NH2+]CCC1c2ccccc2CCc2ccccc21)C(O)c1ccc(O)cc1.[Cl-]. The van der Waals surface area contributed by atoms with Crippen LogP contribution in [0.4, 0.5) is 0 Å². The van der Waals surface area contributed by atoms with Gasteiger partial charge in [-0.25, -0.2) is 0 Å². The second-order valence-corrected chi connectivity index (χ2v) is 8.16. The first-order valence-electron chi connectivity index (χ1n) is 10.6. The molecule has 3 nitrogen and oxygen atoms in total. The van der Waals surface area contributed by atoms with Gasteiger partial charge in [0.1, 0.15) is 17.9 Å². The number of quaternary nitrogens is 1. The van der Waals surface area contributed by atoms with Crippen LogP contribution in [0.5, 0.6) is 5.75 Å². The van der Waals surface area contributed by atoms with Crippen molar-refractivity contribution in [2.45, 2.75) is 44.2 Å². The predicted octanol–water partition coefficient (Wildman–Crippen LogP) is 0.702. The molecule has 0 bridgehead atoms. The highest BCUT2D eigenvalue weighted by Gasteiger charge is 2.25. The number of hydrogen-bond acceptors (Lipinski definition) is 2. The molecule has 158 valence electrons. The molecule has 0 saturated heterocycles. The maximum absolute atomic E-state index is 10.7. The molecule has 1 aliphatic carbocycles. The summed E-state index contributed by atoms with van der Waals surface area (Å²) in [6.45, 7) is 3.01. The number of benzene rings is 3. The first kappa shape index (κ1) is 22.4. The fourth-order valence-electron chi connectivity index (χ4n) is 4.58. The smallest absolute Gasteiger partial charge is 0.130 e. The Morgan fingerprint density at radius 1 is 0.867 bits per heavy atom. The fourth-order valence-corrected chi connectivity index (χ4v) is 4.58. The first-order chi connectivity index (χ1) is 14.1. The maximum Gasteiger partial charge on any atom is 0.130 e. The monoisotopic (exact) mass is 423 g/mol. The second-order valence-electron chi connectivity index (χ2n) is 8.16. The zero-order chi connectivity index (χ0) is 20.2. The normalized spacial score (nSPS) is 15.3. The summed E-state index contributed by atoms with van der Waals surface area (Å²) in [5.74, 6) is 0.627. The van der Waals surface area contributed by atoms with Gasteiger partial charge in [-0.05, 0) is 59.7 Å². The molecule has 30 heavy (non-hydrogen) atoms. The van der Waals surface area contributed by atoms with Crippen molar-refractivity contribution < 1.29 is 27.9 Å². The van der Waals surface area contributed by atoms with Gasteiger partial charge in [0.05, 0.1) is 6.54 Å². The Kier molecular flexibility index (Phi) is 7.54. The van der Waals surface area contributed by atoms with E-state index in [1.807, 2.05) is 0 Å². The van der Waals surface area contributed by atoms with Gasteiger partial charge in [-0.3, -0.25) is 0 Å². The van der Waals surface area contributed by atoms with E-state index in [1.165, 1.54) is 22.3 Å². The number of fused-ring (bicyclic) bond motifs is 2. The number of aliphatic hydroxyl groups excluding tert-OH is 1. The second kappa shape index (κ2) is 10.1. The number of halogens is 1. The maximum atomic E-state index is 10.7. The molecule has 0 amide bonds. The van der Waals surface area contributed by atoms with Crippen LogP contribution in [0.1, 0.15) is 53.2 Å². The van der Waals surface area contributed by atoms with Crippen molar-refractivity contribution in [1.29, 1.82) is 0 Å². The van der Waals surface area contributed by atoms with E-state index in [9.17, 15) is 10.2 Å². The van der Waals surface area contributed by atoms with E-state index in [-0.39, 0.29) is 24.2 Å². The molecule has 0 heterocycles. The Balaban J connectivity index is 0.00000256. The zero-order valence-corrected chi connectivity index (χ0v) is 18.1. The molecule has 0 saturated carbocycles. The highest BCUT2D eigenvalue weighted by Crippen LogP contribution is 2.36.